The first-order chi connectivity index (χ1) is 7.17. The lowest BCUT2D eigenvalue weighted by Gasteiger charge is -2.20. The monoisotopic (exact) mass is 224 g/mol. The normalized spacial score (nSPS) is 14.9. The highest BCUT2D eigenvalue weighted by Gasteiger charge is 2.14. The van der Waals surface area contributed by atoms with Crippen molar-refractivity contribution in [3.05, 3.63) is 35.4 Å². The van der Waals surface area contributed by atoms with Crippen LogP contribution in [0.5, 0.6) is 0 Å². The predicted octanol–water partition coefficient (Wildman–Crippen LogP) is 4.44. The summed E-state index contributed by atoms with van der Waals surface area (Å²) in [6.45, 7) is 6.65. The van der Waals surface area contributed by atoms with E-state index in [1.165, 1.54) is 17.5 Å². The van der Waals surface area contributed by atoms with Crippen molar-refractivity contribution in [1.29, 1.82) is 0 Å². The molecule has 15 heavy (non-hydrogen) atoms. The van der Waals surface area contributed by atoms with Gasteiger partial charge >= 0.3 is 0 Å². The van der Waals surface area contributed by atoms with Gasteiger partial charge in [0.25, 0.3) is 0 Å². The first-order valence-corrected chi connectivity index (χ1v) is 6.32. The molecule has 0 bridgehead atoms. The second-order valence-electron chi connectivity index (χ2n) is 4.49. The average molecular weight is 225 g/mol. The summed E-state index contributed by atoms with van der Waals surface area (Å²) in [6.07, 6.45) is 2.32. The van der Waals surface area contributed by atoms with E-state index >= 15 is 0 Å². The Labute approximate surface area is 98.7 Å². The van der Waals surface area contributed by atoms with Gasteiger partial charge in [0.15, 0.2) is 0 Å². The van der Waals surface area contributed by atoms with Crippen molar-refractivity contribution in [3.8, 4) is 0 Å². The molecule has 0 amide bonds. The molecule has 2 atom stereocenters. The Morgan fingerprint density at radius 1 is 1.20 bits per heavy atom. The molecule has 0 aliphatic heterocycles. The lowest BCUT2D eigenvalue weighted by Crippen LogP contribution is -2.15. The zero-order valence-corrected chi connectivity index (χ0v) is 10.7. The van der Waals surface area contributed by atoms with Gasteiger partial charge < -0.3 is 0 Å². The van der Waals surface area contributed by atoms with Crippen LogP contribution in [-0.2, 0) is 6.42 Å². The molecule has 0 radical (unpaired) electrons. The highest BCUT2D eigenvalue weighted by molar-refractivity contribution is 6.18. The number of alkyl halides is 1. The van der Waals surface area contributed by atoms with E-state index in [1.54, 1.807) is 0 Å². The van der Waals surface area contributed by atoms with Crippen LogP contribution in [-0.4, -0.2) is 5.88 Å². The van der Waals surface area contributed by atoms with Crippen molar-refractivity contribution in [2.75, 3.05) is 5.88 Å². The molecule has 1 heteroatoms. The Morgan fingerprint density at radius 3 is 2.27 bits per heavy atom. The molecule has 0 heterocycles. The van der Waals surface area contributed by atoms with Gasteiger partial charge in [0.2, 0.25) is 0 Å². The lowest BCUT2D eigenvalue weighted by molar-refractivity contribution is 0.379. The number of hydrogen-bond donors (Lipinski definition) is 0. The molecular formula is C14H21Cl. The minimum atomic E-state index is 0.611. The summed E-state index contributed by atoms with van der Waals surface area (Å²) in [5.41, 5.74) is 2.73. The molecule has 0 nitrogen and oxygen atoms in total. The molecular weight excluding hydrogens is 204 g/mol. The van der Waals surface area contributed by atoms with Gasteiger partial charge in [-0.2, -0.15) is 0 Å². The molecule has 1 aromatic rings. The van der Waals surface area contributed by atoms with E-state index in [1.807, 2.05) is 0 Å². The standard InChI is InChI=1S/C14H21Cl/c1-4-12(3)14(10-15)9-13-7-5-11(2)6-8-13/h5-8,12,14H,4,9-10H2,1-3H3. The van der Waals surface area contributed by atoms with Crippen LogP contribution < -0.4 is 0 Å². The van der Waals surface area contributed by atoms with Gasteiger partial charge in [0.05, 0.1) is 0 Å². The third kappa shape index (κ3) is 3.87. The van der Waals surface area contributed by atoms with Crippen LogP contribution in [0.2, 0.25) is 0 Å². The molecule has 2 unspecified atom stereocenters. The third-order valence-corrected chi connectivity index (χ3v) is 3.66. The van der Waals surface area contributed by atoms with E-state index < -0.39 is 0 Å². The summed E-state index contributed by atoms with van der Waals surface area (Å²) in [5.74, 6) is 2.09. The minimum Gasteiger partial charge on any atom is -0.126 e. The SMILES string of the molecule is CCC(C)C(CCl)Cc1ccc(C)cc1. The molecule has 0 aliphatic rings. The maximum absolute atomic E-state index is 6.02. The fourth-order valence-electron chi connectivity index (χ4n) is 1.77. The first kappa shape index (κ1) is 12.6. The van der Waals surface area contributed by atoms with Crippen molar-refractivity contribution >= 4 is 11.6 Å². The molecule has 0 aliphatic carbocycles. The zero-order chi connectivity index (χ0) is 11.3. The molecule has 0 aromatic heterocycles. The summed E-state index contributed by atoms with van der Waals surface area (Å²) in [6, 6.07) is 8.79. The van der Waals surface area contributed by atoms with Crippen molar-refractivity contribution in [1.82, 2.24) is 0 Å². The van der Waals surface area contributed by atoms with E-state index in [0.717, 1.165) is 12.3 Å². The Kier molecular flexibility index (Phi) is 5.17. The van der Waals surface area contributed by atoms with Crippen molar-refractivity contribution < 1.29 is 0 Å². The Hall–Kier alpha value is -0.490. The Bertz CT molecular complexity index is 276. The lowest BCUT2D eigenvalue weighted by atomic mass is 9.88. The minimum absolute atomic E-state index is 0.611. The Balaban J connectivity index is 2.62. The summed E-state index contributed by atoms with van der Waals surface area (Å²) in [4.78, 5) is 0. The maximum atomic E-state index is 6.02. The van der Waals surface area contributed by atoms with E-state index in [0.29, 0.717) is 11.8 Å². The van der Waals surface area contributed by atoms with Gasteiger partial charge in [-0.1, -0.05) is 50.1 Å². The molecule has 1 rings (SSSR count). The summed E-state index contributed by atoms with van der Waals surface area (Å²) >= 11 is 6.02. The number of aryl methyl sites for hydroxylation is 1. The molecule has 0 N–H and O–H groups in total. The fraction of sp³-hybridized carbons (Fsp3) is 0.571. The van der Waals surface area contributed by atoms with Gasteiger partial charge in [-0.3, -0.25) is 0 Å². The highest BCUT2D eigenvalue weighted by atomic mass is 35.5. The smallest absolute Gasteiger partial charge is 0.0257 e. The van der Waals surface area contributed by atoms with Crippen LogP contribution in [0.4, 0.5) is 0 Å². The van der Waals surface area contributed by atoms with Gasteiger partial charge in [-0.05, 0) is 30.7 Å². The van der Waals surface area contributed by atoms with Crippen LogP contribution in [0, 0.1) is 18.8 Å². The van der Waals surface area contributed by atoms with Crippen LogP contribution in [0.1, 0.15) is 31.4 Å². The summed E-state index contributed by atoms with van der Waals surface area (Å²) in [5, 5.41) is 0. The second kappa shape index (κ2) is 6.17. The first-order valence-electron chi connectivity index (χ1n) is 5.78. The molecule has 1 aromatic carbocycles. The number of benzene rings is 1. The van der Waals surface area contributed by atoms with Crippen LogP contribution in [0.3, 0.4) is 0 Å². The zero-order valence-electron chi connectivity index (χ0n) is 9.96. The van der Waals surface area contributed by atoms with Gasteiger partial charge in [0, 0.05) is 5.88 Å². The summed E-state index contributed by atoms with van der Waals surface area (Å²) in [7, 11) is 0. The molecule has 0 fully saturated rings. The number of rotatable bonds is 5. The molecule has 0 saturated heterocycles. The number of hydrogen-bond acceptors (Lipinski definition) is 0. The quantitative estimate of drug-likeness (QED) is 0.649. The second-order valence-corrected chi connectivity index (χ2v) is 4.80. The van der Waals surface area contributed by atoms with Crippen molar-refractivity contribution in [2.45, 2.75) is 33.6 Å². The van der Waals surface area contributed by atoms with Crippen LogP contribution in [0.15, 0.2) is 24.3 Å². The van der Waals surface area contributed by atoms with Gasteiger partial charge in [-0.15, -0.1) is 11.6 Å². The molecule has 84 valence electrons. The number of halogens is 1. The molecule has 0 spiro atoms. The topological polar surface area (TPSA) is 0 Å². The van der Waals surface area contributed by atoms with Crippen molar-refractivity contribution in [2.24, 2.45) is 11.8 Å². The van der Waals surface area contributed by atoms with Crippen LogP contribution >= 0.6 is 11.6 Å². The average Bonchev–Trinajstić information content (AvgIpc) is 2.27. The van der Waals surface area contributed by atoms with Gasteiger partial charge in [0.1, 0.15) is 0 Å². The third-order valence-electron chi connectivity index (χ3n) is 3.27. The van der Waals surface area contributed by atoms with E-state index in [2.05, 4.69) is 45.0 Å². The van der Waals surface area contributed by atoms with E-state index in [-0.39, 0.29) is 0 Å². The molecule has 0 saturated carbocycles. The largest absolute Gasteiger partial charge is 0.126 e. The Morgan fingerprint density at radius 2 is 1.80 bits per heavy atom. The fourth-order valence-corrected chi connectivity index (χ4v) is 2.18. The van der Waals surface area contributed by atoms with E-state index in [9.17, 15) is 0 Å². The van der Waals surface area contributed by atoms with Crippen LogP contribution in [0.25, 0.3) is 0 Å². The van der Waals surface area contributed by atoms with Gasteiger partial charge in [-0.25, -0.2) is 0 Å². The maximum Gasteiger partial charge on any atom is 0.0257 e. The van der Waals surface area contributed by atoms with Crippen molar-refractivity contribution in [3.63, 3.8) is 0 Å². The predicted molar refractivity (Wildman–Crippen MR) is 68.5 cm³/mol. The summed E-state index contributed by atoms with van der Waals surface area (Å²) < 4.78 is 0. The van der Waals surface area contributed by atoms with E-state index in [4.69, 9.17) is 11.6 Å². The highest BCUT2D eigenvalue weighted by Crippen LogP contribution is 2.21.